The van der Waals surface area contributed by atoms with E-state index >= 15 is 0 Å². The third-order valence-corrected chi connectivity index (χ3v) is 4.77. The zero-order valence-electron chi connectivity index (χ0n) is 12.1. The number of hydrogen-bond donors (Lipinski definition) is 2. The molecule has 1 aliphatic rings. The quantitative estimate of drug-likeness (QED) is 0.877. The molecule has 1 amide bonds. The Kier molecular flexibility index (Phi) is 4.11. The van der Waals surface area contributed by atoms with Gasteiger partial charge in [0.25, 0.3) is 5.91 Å². The number of nitrogen functional groups attached to an aromatic ring is 1. The van der Waals surface area contributed by atoms with E-state index in [0.717, 1.165) is 17.3 Å². The van der Waals surface area contributed by atoms with Crippen molar-refractivity contribution < 1.29 is 4.79 Å². The molecule has 114 valence electrons. The van der Waals surface area contributed by atoms with Gasteiger partial charge in [0.05, 0.1) is 0 Å². The molecule has 1 heterocycles. The van der Waals surface area contributed by atoms with Crippen LogP contribution in [0.25, 0.3) is 0 Å². The zero-order valence-corrected chi connectivity index (χ0v) is 13.6. The Labute approximate surface area is 137 Å². The van der Waals surface area contributed by atoms with Crippen molar-refractivity contribution in [2.75, 3.05) is 12.3 Å². The summed E-state index contributed by atoms with van der Waals surface area (Å²) in [6.45, 7) is 0.582. The van der Waals surface area contributed by atoms with E-state index < -0.39 is 0 Å². The van der Waals surface area contributed by atoms with E-state index in [9.17, 15) is 4.79 Å². The van der Waals surface area contributed by atoms with E-state index in [2.05, 4.69) is 43.3 Å². The molecule has 0 radical (unpaired) electrons. The van der Waals surface area contributed by atoms with Crippen LogP contribution in [-0.4, -0.2) is 22.4 Å². The van der Waals surface area contributed by atoms with E-state index in [4.69, 9.17) is 5.73 Å². The van der Waals surface area contributed by atoms with Crippen LogP contribution < -0.4 is 11.1 Å². The maximum atomic E-state index is 12.2. The van der Waals surface area contributed by atoms with Crippen LogP contribution in [0.15, 0.2) is 41.1 Å². The van der Waals surface area contributed by atoms with Crippen molar-refractivity contribution in [1.82, 2.24) is 15.3 Å². The molecule has 0 saturated heterocycles. The molecule has 1 aromatic carbocycles. The third kappa shape index (κ3) is 2.83. The first-order chi connectivity index (χ1) is 10.6. The van der Waals surface area contributed by atoms with Gasteiger partial charge < -0.3 is 11.1 Å². The second-order valence-electron chi connectivity index (χ2n) is 5.62. The summed E-state index contributed by atoms with van der Waals surface area (Å²) >= 11 is 3.51. The normalized spacial score (nSPS) is 15.9. The number of carbonyl (C=O) groups is 1. The summed E-state index contributed by atoms with van der Waals surface area (Å²) < 4.78 is 1.06. The molecule has 1 aliphatic carbocycles. The fraction of sp³-hybridized carbons (Fsp3) is 0.312. The van der Waals surface area contributed by atoms with Crippen LogP contribution in [0.2, 0.25) is 0 Å². The summed E-state index contributed by atoms with van der Waals surface area (Å²) in [5.74, 6) is -0.114. The lowest BCUT2D eigenvalue weighted by molar-refractivity contribution is 0.0923. The van der Waals surface area contributed by atoms with Crippen LogP contribution in [-0.2, 0) is 5.41 Å². The van der Waals surface area contributed by atoms with Crippen LogP contribution in [0.4, 0.5) is 5.82 Å². The first-order valence-electron chi connectivity index (χ1n) is 7.21. The number of amides is 1. The van der Waals surface area contributed by atoms with Gasteiger partial charge in [-0.3, -0.25) is 4.79 Å². The van der Waals surface area contributed by atoms with Gasteiger partial charge in [-0.15, -0.1) is 0 Å². The molecular weight excluding hydrogens is 344 g/mol. The Morgan fingerprint density at radius 1 is 1.32 bits per heavy atom. The highest BCUT2D eigenvalue weighted by molar-refractivity contribution is 9.10. The summed E-state index contributed by atoms with van der Waals surface area (Å²) in [6.07, 6.45) is 6.26. The summed E-state index contributed by atoms with van der Waals surface area (Å²) in [4.78, 5) is 20.1. The van der Waals surface area contributed by atoms with Gasteiger partial charge in [-0.25, -0.2) is 9.97 Å². The van der Waals surface area contributed by atoms with E-state index in [1.165, 1.54) is 24.4 Å². The molecule has 2 aromatic rings. The lowest BCUT2D eigenvalue weighted by Crippen LogP contribution is -2.45. The van der Waals surface area contributed by atoms with Crippen molar-refractivity contribution in [3.05, 3.63) is 52.4 Å². The Balaban J connectivity index is 1.74. The molecule has 1 saturated carbocycles. The van der Waals surface area contributed by atoms with E-state index in [0.29, 0.717) is 6.54 Å². The first-order valence-corrected chi connectivity index (χ1v) is 8.01. The average Bonchev–Trinajstić information content (AvgIpc) is 2.46. The number of rotatable bonds is 4. The number of carbonyl (C=O) groups excluding carboxylic acids is 1. The Morgan fingerprint density at radius 2 is 2.09 bits per heavy atom. The van der Waals surface area contributed by atoms with Gasteiger partial charge in [-0.1, -0.05) is 34.5 Å². The molecule has 1 fully saturated rings. The standard InChI is InChI=1S/C16H17BrN4O/c17-12-4-1-3-11(9-12)16(5-2-6-16)10-21-15(22)13-14(18)20-8-7-19-13/h1,3-4,7-9H,2,5-6,10H2,(H2,18,20)(H,21,22). The van der Waals surface area contributed by atoms with Crippen LogP contribution >= 0.6 is 15.9 Å². The van der Waals surface area contributed by atoms with Crippen LogP contribution in [0.1, 0.15) is 35.3 Å². The van der Waals surface area contributed by atoms with Gasteiger partial charge in [0.15, 0.2) is 11.5 Å². The fourth-order valence-electron chi connectivity index (χ4n) is 2.85. The summed E-state index contributed by atoms with van der Waals surface area (Å²) in [7, 11) is 0. The van der Waals surface area contributed by atoms with Crippen LogP contribution in [0, 0.1) is 0 Å². The highest BCUT2D eigenvalue weighted by Crippen LogP contribution is 2.43. The van der Waals surface area contributed by atoms with Crippen molar-refractivity contribution in [1.29, 1.82) is 0 Å². The molecule has 22 heavy (non-hydrogen) atoms. The second kappa shape index (κ2) is 6.04. The minimum absolute atomic E-state index is 0.0103. The Bertz CT molecular complexity index is 700. The van der Waals surface area contributed by atoms with Gasteiger partial charge in [0.2, 0.25) is 0 Å². The van der Waals surface area contributed by atoms with E-state index in [1.54, 1.807) is 0 Å². The topological polar surface area (TPSA) is 80.9 Å². The van der Waals surface area contributed by atoms with Crippen molar-refractivity contribution in [2.45, 2.75) is 24.7 Å². The van der Waals surface area contributed by atoms with Gasteiger partial charge in [0.1, 0.15) is 0 Å². The number of anilines is 1. The van der Waals surface area contributed by atoms with Gasteiger partial charge in [0, 0.05) is 28.8 Å². The number of nitrogens with one attached hydrogen (secondary N) is 1. The van der Waals surface area contributed by atoms with E-state index in [-0.39, 0.29) is 22.8 Å². The van der Waals surface area contributed by atoms with Gasteiger partial charge in [-0.2, -0.15) is 0 Å². The smallest absolute Gasteiger partial charge is 0.273 e. The SMILES string of the molecule is Nc1nccnc1C(=O)NCC1(c2cccc(Br)c2)CCC1. The predicted molar refractivity (Wildman–Crippen MR) is 88.4 cm³/mol. The molecule has 6 heteroatoms. The molecule has 0 bridgehead atoms. The molecule has 0 aliphatic heterocycles. The van der Waals surface area contributed by atoms with Crippen molar-refractivity contribution >= 4 is 27.7 Å². The molecule has 0 spiro atoms. The highest BCUT2D eigenvalue weighted by atomic mass is 79.9. The Hall–Kier alpha value is -1.95. The number of nitrogens with zero attached hydrogens (tertiary/aromatic N) is 2. The maximum Gasteiger partial charge on any atom is 0.273 e. The summed E-state index contributed by atoms with van der Waals surface area (Å²) in [6, 6.07) is 8.28. The zero-order chi connectivity index (χ0) is 15.6. The lowest BCUT2D eigenvalue weighted by Gasteiger charge is -2.42. The van der Waals surface area contributed by atoms with Crippen molar-refractivity contribution in [3.63, 3.8) is 0 Å². The van der Waals surface area contributed by atoms with Gasteiger partial charge in [-0.05, 0) is 30.5 Å². The fourth-order valence-corrected chi connectivity index (χ4v) is 3.25. The molecule has 3 N–H and O–H groups in total. The molecule has 1 aromatic heterocycles. The van der Waals surface area contributed by atoms with Gasteiger partial charge >= 0.3 is 0 Å². The molecular formula is C16H17BrN4O. The summed E-state index contributed by atoms with van der Waals surface area (Å²) in [5, 5.41) is 2.96. The Morgan fingerprint density at radius 3 is 2.73 bits per heavy atom. The largest absolute Gasteiger partial charge is 0.382 e. The lowest BCUT2D eigenvalue weighted by atomic mass is 9.64. The molecule has 0 atom stereocenters. The molecule has 0 unspecified atom stereocenters. The number of halogens is 1. The maximum absolute atomic E-state index is 12.2. The number of aromatic nitrogens is 2. The average molecular weight is 361 g/mol. The van der Waals surface area contributed by atoms with Crippen LogP contribution in [0.3, 0.4) is 0 Å². The number of nitrogens with two attached hydrogens (primary N) is 1. The van der Waals surface area contributed by atoms with Crippen molar-refractivity contribution in [2.24, 2.45) is 0 Å². The van der Waals surface area contributed by atoms with Crippen LogP contribution in [0.5, 0.6) is 0 Å². The molecule has 5 nitrogen and oxygen atoms in total. The number of hydrogen-bond acceptors (Lipinski definition) is 4. The monoisotopic (exact) mass is 360 g/mol. The second-order valence-corrected chi connectivity index (χ2v) is 6.53. The predicted octanol–water partition coefficient (Wildman–Crippen LogP) is 2.67. The highest BCUT2D eigenvalue weighted by Gasteiger charge is 2.39. The van der Waals surface area contributed by atoms with E-state index in [1.807, 2.05) is 12.1 Å². The first kappa shape index (κ1) is 15.0. The van der Waals surface area contributed by atoms with Crippen molar-refractivity contribution in [3.8, 4) is 0 Å². The molecule has 3 rings (SSSR count). The minimum atomic E-state index is -0.271. The third-order valence-electron chi connectivity index (χ3n) is 4.28. The number of benzene rings is 1. The minimum Gasteiger partial charge on any atom is -0.382 e. The summed E-state index contributed by atoms with van der Waals surface area (Å²) in [5.41, 5.74) is 7.14.